The second kappa shape index (κ2) is 5.63. The molecule has 0 aliphatic heterocycles. The predicted octanol–water partition coefficient (Wildman–Crippen LogP) is 5.31. The van der Waals surface area contributed by atoms with E-state index in [4.69, 9.17) is 34.8 Å². The number of nitrogens with one attached hydrogen (secondary N) is 1. The van der Waals surface area contributed by atoms with Crippen molar-refractivity contribution in [1.29, 1.82) is 0 Å². The quantitative estimate of drug-likeness (QED) is 0.539. The number of hydrogen-bond donors (Lipinski definition) is 1. The third kappa shape index (κ3) is 3.06. The van der Waals surface area contributed by atoms with Crippen LogP contribution in [0.3, 0.4) is 0 Å². The molecule has 88 valence electrons. The van der Waals surface area contributed by atoms with Crippen molar-refractivity contribution in [2.75, 3.05) is 0 Å². The van der Waals surface area contributed by atoms with Gasteiger partial charge in [-0.15, -0.1) is 0 Å². The standard InChI is InChI=1S/C12H9N.CHCl3/c1-3-7-11-9(5-1)10-6-2-4-8-12(10)13-11;2-1(3)4/h1-8,13H;1H. The average Bonchev–Trinajstić information content (AvgIpc) is 2.66. The van der Waals surface area contributed by atoms with Crippen LogP contribution in [0.25, 0.3) is 21.8 Å². The maximum atomic E-state index is 4.81. The highest BCUT2D eigenvalue weighted by atomic mass is 35.6. The van der Waals surface area contributed by atoms with Gasteiger partial charge in [0.25, 0.3) is 0 Å². The summed E-state index contributed by atoms with van der Waals surface area (Å²) >= 11 is 14.4. The molecule has 0 atom stereocenters. The topological polar surface area (TPSA) is 15.8 Å². The second-order valence-electron chi connectivity index (χ2n) is 3.46. The molecule has 0 radical (unpaired) electrons. The molecule has 2 aromatic carbocycles. The van der Waals surface area contributed by atoms with Crippen LogP contribution < -0.4 is 0 Å². The van der Waals surface area contributed by atoms with Gasteiger partial charge in [-0.2, -0.15) is 0 Å². The minimum Gasteiger partial charge on any atom is -0.355 e. The third-order valence-corrected chi connectivity index (χ3v) is 2.41. The van der Waals surface area contributed by atoms with Gasteiger partial charge in [0.2, 0.25) is 0 Å². The molecule has 1 heterocycles. The summed E-state index contributed by atoms with van der Waals surface area (Å²) in [6, 6.07) is 16.8. The van der Waals surface area contributed by atoms with Gasteiger partial charge in [-0.05, 0) is 12.1 Å². The number of rotatable bonds is 0. The van der Waals surface area contributed by atoms with E-state index in [2.05, 4.69) is 53.5 Å². The number of aromatic amines is 1. The molecule has 3 aromatic rings. The zero-order valence-electron chi connectivity index (χ0n) is 8.83. The number of alkyl halides is 3. The van der Waals surface area contributed by atoms with Crippen molar-refractivity contribution in [3.05, 3.63) is 48.5 Å². The van der Waals surface area contributed by atoms with Crippen LogP contribution in [0.5, 0.6) is 0 Å². The van der Waals surface area contributed by atoms with Crippen molar-refractivity contribution in [2.45, 2.75) is 4.30 Å². The Balaban J connectivity index is 0.000000239. The molecule has 4 heteroatoms. The molecule has 0 aliphatic carbocycles. The summed E-state index contributed by atoms with van der Waals surface area (Å²) in [6.07, 6.45) is 0. The Morgan fingerprint density at radius 2 is 1.06 bits per heavy atom. The predicted molar refractivity (Wildman–Crippen MR) is 77.2 cm³/mol. The van der Waals surface area contributed by atoms with E-state index < -0.39 is 4.30 Å². The van der Waals surface area contributed by atoms with Crippen molar-refractivity contribution in [1.82, 2.24) is 4.98 Å². The van der Waals surface area contributed by atoms with Crippen molar-refractivity contribution in [2.24, 2.45) is 0 Å². The first-order valence-electron chi connectivity index (χ1n) is 5.06. The average molecular weight is 287 g/mol. The lowest BCUT2D eigenvalue weighted by molar-refractivity contribution is 1.55. The number of hydrogen-bond acceptors (Lipinski definition) is 0. The molecule has 0 fully saturated rings. The third-order valence-electron chi connectivity index (χ3n) is 2.41. The lowest BCUT2D eigenvalue weighted by Gasteiger charge is -1.87. The zero-order chi connectivity index (χ0) is 12.3. The Morgan fingerprint density at radius 3 is 1.47 bits per heavy atom. The van der Waals surface area contributed by atoms with E-state index in [9.17, 15) is 0 Å². The lowest BCUT2D eigenvalue weighted by atomic mass is 10.2. The molecule has 1 nitrogen and oxygen atoms in total. The van der Waals surface area contributed by atoms with Crippen LogP contribution in [-0.2, 0) is 0 Å². The maximum absolute atomic E-state index is 4.81. The van der Waals surface area contributed by atoms with Crippen LogP contribution in [0.4, 0.5) is 0 Å². The Labute approximate surface area is 114 Å². The van der Waals surface area contributed by atoms with Crippen molar-refractivity contribution in [3.8, 4) is 0 Å². The Morgan fingerprint density at radius 1 is 0.706 bits per heavy atom. The van der Waals surface area contributed by atoms with Crippen LogP contribution in [0.1, 0.15) is 0 Å². The van der Waals surface area contributed by atoms with Crippen molar-refractivity contribution >= 4 is 56.6 Å². The maximum Gasteiger partial charge on any atom is 0.180 e. The summed E-state index contributed by atoms with van der Waals surface area (Å²) in [7, 11) is 0. The van der Waals surface area contributed by atoms with Gasteiger partial charge in [-0.3, -0.25) is 0 Å². The van der Waals surface area contributed by atoms with Gasteiger partial charge in [0.1, 0.15) is 0 Å². The van der Waals surface area contributed by atoms with Gasteiger partial charge >= 0.3 is 0 Å². The number of halogens is 3. The first-order valence-corrected chi connectivity index (χ1v) is 6.37. The largest absolute Gasteiger partial charge is 0.355 e. The van der Waals surface area contributed by atoms with E-state index in [1.54, 1.807) is 0 Å². The summed E-state index contributed by atoms with van der Waals surface area (Å²) in [5.41, 5.74) is 2.42. The Bertz CT molecular complexity index is 563. The van der Waals surface area contributed by atoms with Crippen LogP contribution in [0.2, 0.25) is 0 Å². The lowest BCUT2D eigenvalue weighted by Crippen LogP contribution is -1.62. The number of aromatic nitrogens is 1. The van der Waals surface area contributed by atoms with Crippen LogP contribution in [0.15, 0.2) is 48.5 Å². The summed E-state index contributed by atoms with van der Waals surface area (Å²) in [5.74, 6) is 0. The molecule has 1 N–H and O–H groups in total. The van der Waals surface area contributed by atoms with Crippen LogP contribution >= 0.6 is 34.8 Å². The van der Waals surface area contributed by atoms with Gasteiger partial charge in [0.05, 0.1) is 0 Å². The molecule has 3 rings (SSSR count). The van der Waals surface area contributed by atoms with Crippen molar-refractivity contribution in [3.63, 3.8) is 0 Å². The Kier molecular flexibility index (Phi) is 4.16. The smallest absolute Gasteiger partial charge is 0.180 e. The highest BCUT2D eigenvalue weighted by Gasteiger charge is 2.00. The molecule has 17 heavy (non-hydrogen) atoms. The summed E-state index contributed by atoms with van der Waals surface area (Å²) in [5, 5.41) is 2.61. The molecule has 0 aliphatic rings. The molecule has 0 saturated carbocycles. The highest BCUT2D eigenvalue weighted by Crippen LogP contribution is 2.24. The minimum atomic E-state index is -0.750. The molecule has 0 bridgehead atoms. The van der Waals surface area contributed by atoms with Crippen molar-refractivity contribution < 1.29 is 0 Å². The summed E-state index contributed by atoms with van der Waals surface area (Å²) in [6.45, 7) is 0. The normalized spacial score (nSPS) is 10.6. The molecular formula is C13H10Cl3N. The van der Waals surface area contributed by atoms with Gasteiger partial charge in [-0.1, -0.05) is 71.2 Å². The summed E-state index contributed by atoms with van der Waals surface area (Å²) in [4.78, 5) is 3.38. The molecule has 0 amide bonds. The number of benzene rings is 2. The van der Waals surface area contributed by atoms with E-state index in [1.165, 1.54) is 21.8 Å². The van der Waals surface area contributed by atoms with Gasteiger partial charge in [0, 0.05) is 21.8 Å². The van der Waals surface area contributed by atoms with Crippen LogP contribution in [0, 0.1) is 0 Å². The first-order chi connectivity index (χ1) is 8.18. The monoisotopic (exact) mass is 285 g/mol. The zero-order valence-corrected chi connectivity index (χ0v) is 11.1. The molecule has 1 aromatic heterocycles. The SMILES string of the molecule is ClC(Cl)Cl.c1ccc2c(c1)[nH]c1ccccc12. The first kappa shape index (κ1) is 12.6. The fourth-order valence-electron chi connectivity index (χ4n) is 1.80. The number of para-hydroxylation sites is 2. The fraction of sp³-hybridized carbons (Fsp3) is 0.0769. The molecule has 0 unspecified atom stereocenters. The Hall–Kier alpha value is -0.890. The van der Waals surface area contributed by atoms with E-state index >= 15 is 0 Å². The second-order valence-corrected chi connectivity index (χ2v) is 5.44. The minimum absolute atomic E-state index is 0.750. The van der Waals surface area contributed by atoms with Crippen LogP contribution in [-0.4, -0.2) is 9.28 Å². The summed E-state index contributed by atoms with van der Waals surface area (Å²) < 4.78 is -0.750. The number of H-pyrrole nitrogens is 1. The van der Waals surface area contributed by atoms with E-state index in [0.717, 1.165) is 0 Å². The highest BCUT2D eigenvalue weighted by molar-refractivity contribution is 6.63. The van der Waals surface area contributed by atoms with E-state index in [0.29, 0.717) is 0 Å². The van der Waals surface area contributed by atoms with E-state index in [-0.39, 0.29) is 0 Å². The van der Waals surface area contributed by atoms with Gasteiger partial charge in [0.15, 0.2) is 4.30 Å². The van der Waals surface area contributed by atoms with E-state index in [1.807, 2.05) is 0 Å². The molecule has 0 saturated heterocycles. The van der Waals surface area contributed by atoms with Gasteiger partial charge < -0.3 is 4.98 Å². The molecule has 0 spiro atoms. The fourth-order valence-corrected chi connectivity index (χ4v) is 1.80. The van der Waals surface area contributed by atoms with Gasteiger partial charge in [-0.25, -0.2) is 0 Å². The molecular weight excluding hydrogens is 277 g/mol. The number of fused-ring (bicyclic) bond motifs is 3.